The molecule has 0 amide bonds. The highest BCUT2D eigenvalue weighted by Gasteiger charge is 2.32. The molecule has 1 aromatic heterocycles. The van der Waals surface area contributed by atoms with E-state index in [0.717, 1.165) is 44.4 Å². The molecule has 3 nitrogen and oxygen atoms in total. The fourth-order valence-corrected chi connectivity index (χ4v) is 2.31. The van der Waals surface area contributed by atoms with E-state index in [0.29, 0.717) is 0 Å². The summed E-state index contributed by atoms with van der Waals surface area (Å²) in [5.41, 5.74) is -0.510. The van der Waals surface area contributed by atoms with Gasteiger partial charge in [0, 0.05) is 6.07 Å². The van der Waals surface area contributed by atoms with Gasteiger partial charge in [-0.05, 0) is 12.8 Å². The van der Waals surface area contributed by atoms with E-state index in [1.165, 1.54) is 0 Å². The van der Waals surface area contributed by atoms with Crippen LogP contribution in [0.5, 0.6) is 0 Å². The molecule has 0 spiro atoms. The van der Waals surface area contributed by atoms with E-state index in [1.807, 2.05) is 0 Å². The van der Waals surface area contributed by atoms with Crippen molar-refractivity contribution < 1.29 is 13.9 Å². The Bertz CT molecular complexity index is 392. The number of nitrogens with one attached hydrogen (secondary N) is 1. The number of aliphatic hydroxyl groups excluding tert-OH is 1. The number of nitrogens with zero attached hydrogens (tertiary/aromatic N) is 1. The summed E-state index contributed by atoms with van der Waals surface area (Å²) in [4.78, 5) is 3.69. The van der Waals surface area contributed by atoms with Crippen molar-refractivity contribution in [1.82, 2.24) is 4.98 Å². The van der Waals surface area contributed by atoms with Crippen LogP contribution < -0.4 is 5.32 Å². The minimum Gasteiger partial charge on any atom is -0.394 e. The maximum Gasteiger partial charge on any atom is 0.168 e. The minimum atomic E-state index is -0.719. The van der Waals surface area contributed by atoms with Crippen molar-refractivity contribution in [1.29, 1.82) is 0 Å². The summed E-state index contributed by atoms with van der Waals surface area (Å²) < 4.78 is 26.2. The highest BCUT2D eigenvalue weighted by atomic mass is 19.1. The van der Waals surface area contributed by atoms with Crippen molar-refractivity contribution in [3.63, 3.8) is 0 Å². The van der Waals surface area contributed by atoms with Gasteiger partial charge in [-0.3, -0.25) is 0 Å². The monoisotopic (exact) mass is 242 g/mol. The molecule has 1 saturated carbocycles. The van der Waals surface area contributed by atoms with Crippen molar-refractivity contribution in [2.24, 2.45) is 0 Å². The standard InChI is InChI=1S/C12H16F2N2O/c13-9-6-10(14)11(15-7-9)16-12(8-17)4-2-1-3-5-12/h6-7,17H,1-5,8H2,(H,15,16). The Kier molecular flexibility index (Phi) is 3.57. The van der Waals surface area contributed by atoms with Crippen molar-refractivity contribution in [2.45, 2.75) is 37.6 Å². The van der Waals surface area contributed by atoms with Gasteiger partial charge in [0.05, 0.1) is 18.3 Å². The van der Waals surface area contributed by atoms with E-state index < -0.39 is 17.2 Å². The minimum absolute atomic E-state index is 0.0161. The SMILES string of the molecule is OCC1(Nc2ncc(F)cc2F)CCCCC1. The number of aliphatic hydroxyl groups is 1. The van der Waals surface area contributed by atoms with Crippen LogP contribution in [0.15, 0.2) is 12.3 Å². The fraction of sp³-hybridized carbons (Fsp3) is 0.583. The summed E-state index contributed by atoms with van der Waals surface area (Å²) in [5, 5.41) is 12.4. The molecule has 5 heteroatoms. The molecule has 1 aliphatic rings. The Hall–Kier alpha value is -1.23. The zero-order valence-electron chi connectivity index (χ0n) is 9.55. The Morgan fingerprint density at radius 1 is 1.29 bits per heavy atom. The smallest absolute Gasteiger partial charge is 0.168 e. The van der Waals surface area contributed by atoms with Gasteiger partial charge in [0.15, 0.2) is 11.6 Å². The fourth-order valence-electron chi connectivity index (χ4n) is 2.31. The maximum atomic E-state index is 13.5. The second-order valence-corrected chi connectivity index (χ2v) is 4.61. The van der Waals surface area contributed by atoms with Gasteiger partial charge in [-0.2, -0.15) is 0 Å². The first-order valence-electron chi connectivity index (χ1n) is 5.85. The zero-order valence-corrected chi connectivity index (χ0v) is 9.55. The predicted molar refractivity (Wildman–Crippen MR) is 60.7 cm³/mol. The second-order valence-electron chi connectivity index (χ2n) is 4.61. The highest BCUT2D eigenvalue weighted by Crippen LogP contribution is 2.31. The number of hydrogen-bond donors (Lipinski definition) is 2. The number of rotatable bonds is 3. The van der Waals surface area contributed by atoms with Gasteiger partial charge < -0.3 is 10.4 Å². The van der Waals surface area contributed by atoms with E-state index in [-0.39, 0.29) is 12.4 Å². The molecule has 0 aromatic carbocycles. The Labute approximate surface area is 98.9 Å². The summed E-state index contributed by atoms with van der Waals surface area (Å²) >= 11 is 0. The van der Waals surface area contributed by atoms with Crippen molar-refractivity contribution in [2.75, 3.05) is 11.9 Å². The number of anilines is 1. The van der Waals surface area contributed by atoms with Gasteiger partial charge in [0.2, 0.25) is 0 Å². The first-order chi connectivity index (χ1) is 8.15. The summed E-state index contributed by atoms with van der Waals surface area (Å²) in [5.74, 6) is -1.40. The van der Waals surface area contributed by atoms with E-state index in [1.54, 1.807) is 0 Å². The lowest BCUT2D eigenvalue weighted by Crippen LogP contribution is -2.44. The van der Waals surface area contributed by atoms with Crippen LogP contribution in [0.25, 0.3) is 0 Å². The number of hydrogen-bond acceptors (Lipinski definition) is 3. The maximum absolute atomic E-state index is 13.5. The van der Waals surface area contributed by atoms with Crippen LogP contribution in [0, 0.1) is 11.6 Å². The molecule has 0 atom stereocenters. The molecule has 94 valence electrons. The molecule has 0 radical (unpaired) electrons. The van der Waals surface area contributed by atoms with Crippen LogP contribution in [-0.4, -0.2) is 22.2 Å². The summed E-state index contributed by atoms with van der Waals surface area (Å²) in [7, 11) is 0. The van der Waals surface area contributed by atoms with Gasteiger partial charge in [-0.15, -0.1) is 0 Å². The van der Waals surface area contributed by atoms with Crippen molar-refractivity contribution in [3.8, 4) is 0 Å². The third kappa shape index (κ3) is 2.72. The third-order valence-electron chi connectivity index (χ3n) is 3.30. The largest absolute Gasteiger partial charge is 0.394 e. The number of halogens is 2. The second kappa shape index (κ2) is 4.96. The van der Waals surface area contributed by atoms with Gasteiger partial charge in [0.25, 0.3) is 0 Å². The molecular weight excluding hydrogens is 226 g/mol. The average molecular weight is 242 g/mol. The van der Waals surface area contributed by atoms with E-state index >= 15 is 0 Å². The lowest BCUT2D eigenvalue weighted by atomic mass is 9.82. The normalized spacial score (nSPS) is 19.0. The molecule has 0 aliphatic heterocycles. The van der Waals surface area contributed by atoms with Gasteiger partial charge in [-0.1, -0.05) is 19.3 Å². The molecular formula is C12H16F2N2O. The Morgan fingerprint density at radius 2 is 2.00 bits per heavy atom. The molecule has 1 aromatic rings. The molecule has 0 unspecified atom stereocenters. The quantitative estimate of drug-likeness (QED) is 0.855. The van der Waals surface area contributed by atoms with E-state index in [2.05, 4.69) is 10.3 Å². The lowest BCUT2D eigenvalue weighted by molar-refractivity contribution is 0.172. The first kappa shape index (κ1) is 12.2. The van der Waals surface area contributed by atoms with E-state index in [4.69, 9.17) is 0 Å². The molecule has 2 N–H and O–H groups in total. The van der Waals surface area contributed by atoms with Crippen LogP contribution in [0.2, 0.25) is 0 Å². The number of aromatic nitrogens is 1. The molecule has 2 rings (SSSR count). The summed E-state index contributed by atoms with van der Waals surface area (Å²) in [6.45, 7) is -0.0640. The molecule has 1 fully saturated rings. The van der Waals surface area contributed by atoms with Crippen LogP contribution >= 0.6 is 0 Å². The van der Waals surface area contributed by atoms with Crippen molar-refractivity contribution >= 4 is 5.82 Å². The van der Waals surface area contributed by atoms with Gasteiger partial charge >= 0.3 is 0 Å². The number of pyridine rings is 1. The summed E-state index contributed by atoms with van der Waals surface area (Å²) in [6, 6.07) is 0.795. The average Bonchev–Trinajstić information content (AvgIpc) is 2.34. The molecule has 0 saturated heterocycles. The van der Waals surface area contributed by atoms with Crippen molar-refractivity contribution in [3.05, 3.63) is 23.9 Å². The predicted octanol–water partition coefficient (Wildman–Crippen LogP) is 2.47. The molecule has 1 aliphatic carbocycles. The molecule has 0 bridgehead atoms. The summed E-state index contributed by atoms with van der Waals surface area (Å²) in [6.07, 6.45) is 5.65. The van der Waals surface area contributed by atoms with Crippen LogP contribution in [-0.2, 0) is 0 Å². The highest BCUT2D eigenvalue weighted by molar-refractivity contribution is 5.39. The Balaban J connectivity index is 2.17. The Morgan fingerprint density at radius 3 is 2.59 bits per heavy atom. The molecule has 1 heterocycles. The van der Waals surface area contributed by atoms with Gasteiger partial charge in [0.1, 0.15) is 5.82 Å². The third-order valence-corrected chi connectivity index (χ3v) is 3.30. The topological polar surface area (TPSA) is 45.1 Å². The first-order valence-corrected chi connectivity index (χ1v) is 5.85. The lowest BCUT2D eigenvalue weighted by Gasteiger charge is -2.36. The molecule has 17 heavy (non-hydrogen) atoms. The van der Waals surface area contributed by atoms with E-state index in [9.17, 15) is 13.9 Å². The zero-order chi connectivity index (χ0) is 12.3. The van der Waals surface area contributed by atoms with Crippen LogP contribution in [0.1, 0.15) is 32.1 Å². The van der Waals surface area contributed by atoms with Gasteiger partial charge in [-0.25, -0.2) is 13.8 Å². The van der Waals surface area contributed by atoms with Crippen LogP contribution in [0.3, 0.4) is 0 Å². The van der Waals surface area contributed by atoms with Crippen LogP contribution in [0.4, 0.5) is 14.6 Å².